The first-order valence-electron chi connectivity index (χ1n) is 10.2. The first kappa shape index (κ1) is 22.0. The quantitative estimate of drug-likeness (QED) is 0.368. The van der Waals surface area contributed by atoms with Gasteiger partial charge in [-0.1, -0.05) is 29.4 Å². The summed E-state index contributed by atoms with van der Waals surface area (Å²) in [6.07, 6.45) is 3.47. The van der Waals surface area contributed by atoms with Crippen molar-refractivity contribution in [2.75, 3.05) is 26.3 Å². The topological polar surface area (TPSA) is 86.0 Å². The molecular weight excluding hydrogens is 480 g/mol. The van der Waals surface area contributed by atoms with Gasteiger partial charge in [0.2, 0.25) is 0 Å². The molecule has 3 aromatic heterocycles. The lowest BCUT2D eigenvalue weighted by Crippen LogP contribution is -2.40. The minimum atomic E-state index is -0.0493. The second-order valence-corrected chi connectivity index (χ2v) is 9.50. The minimum absolute atomic E-state index is 0.0493. The molecule has 168 valence electrons. The smallest absolute Gasteiger partial charge is 0.273 e. The third kappa shape index (κ3) is 4.93. The summed E-state index contributed by atoms with van der Waals surface area (Å²) in [5, 5.41) is 12.8. The van der Waals surface area contributed by atoms with Crippen LogP contribution in [0.2, 0.25) is 5.02 Å². The molecule has 0 unspecified atom stereocenters. The van der Waals surface area contributed by atoms with E-state index in [0.717, 1.165) is 16.3 Å². The van der Waals surface area contributed by atoms with E-state index in [0.29, 0.717) is 53.8 Å². The number of thioether (sulfide) groups is 1. The number of amides is 1. The maximum absolute atomic E-state index is 12.7. The number of rotatable bonds is 6. The number of carbonyl (C=O) groups is 1. The van der Waals surface area contributed by atoms with Gasteiger partial charge in [-0.15, -0.1) is 21.5 Å². The fourth-order valence-electron chi connectivity index (χ4n) is 3.42. The molecule has 8 nitrogen and oxygen atoms in total. The van der Waals surface area contributed by atoms with Crippen molar-refractivity contribution >= 4 is 40.6 Å². The first-order chi connectivity index (χ1) is 16.2. The van der Waals surface area contributed by atoms with Gasteiger partial charge in [-0.2, -0.15) is 0 Å². The van der Waals surface area contributed by atoms with E-state index >= 15 is 0 Å². The van der Waals surface area contributed by atoms with Crippen LogP contribution in [0.3, 0.4) is 0 Å². The van der Waals surface area contributed by atoms with Crippen LogP contribution in [0.15, 0.2) is 59.3 Å². The molecule has 1 aliphatic rings. The Hall–Kier alpha value is -2.79. The maximum Gasteiger partial charge on any atom is 0.273 e. The second-order valence-electron chi connectivity index (χ2n) is 7.18. The largest absolute Gasteiger partial charge is 0.378 e. The summed E-state index contributed by atoms with van der Waals surface area (Å²) in [4.78, 5) is 23.2. The van der Waals surface area contributed by atoms with Crippen LogP contribution in [0.25, 0.3) is 17.1 Å². The Bertz CT molecular complexity index is 1260. The number of hydrogen-bond donors (Lipinski definition) is 0. The number of morpholine rings is 1. The summed E-state index contributed by atoms with van der Waals surface area (Å²) in [5.41, 5.74) is 2.19. The average Bonchev–Trinajstić information content (AvgIpc) is 3.51. The van der Waals surface area contributed by atoms with Gasteiger partial charge in [-0.3, -0.25) is 14.3 Å². The van der Waals surface area contributed by atoms with Crippen molar-refractivity contribution in [3.05, 3.63) is 69.9 Å². The van der Waals surface area contributed by atoms with Crippen LogP contribution in [0.4, 0.5) is 0 Å². The molecule has 1 saturated heterocycles. The molecule has 1 aliphatic heterocycles. The molecule has 0 radical (unpaired) electrons. The second kappa shape index (κ2) is 10.0. The number of hydrogen-bond acceptors (Lipinski definition) is 8. The van der Waals surface area contributed by atoms with Crippen LogP contribution < -0.4 is 0 Å². The van der Waals surface area contributed by atoms with Crippen molar-refractivity contribution in [3.8, 4) is 17.1 Å². The predicted molar refractivity (Wildman–Crippen MR) is 128 cm³/mol. The number of nitrogens with zero attached hydrogens (tertiary/aromatic N) is 6. The lowest BCUT2D eigenvalue weighted by atomic mass is 10.2. The fraction of sp³-hybridized carbons (Fsp3) is 0.227. The van der Waals surface area contributed by atoms with Crippen molar-refractivity contribution in [3.63, 3.8) is 0 Å². The standard InChI is InChI=1S/C22H19ClN6O2S2/c23-16-4-1-5-17(11-16)29-20(15-3-2-6-24-12-15)26-27-22(29)33-14-19-25-18(13-32-19)21(30)28-7-9-31-10-8-28/h1-6,11-13H,7-10,14H2. The molecule has 5 rings (SSSR count). The monoisotopic (exact) mass is 498 g/mol. The zero-order valence-electron chi connectivity index (χ0n) is 17.4. The van der Waals surface area contributed by atoms with Crippen molar-refractivity contribution in [2.45, 2.75) is 10.9 Å². The van der Waals surface area contributed by atoms with E-state index in [4.69, 9.17) is 16.3 Å². The zero-order chi connectivity index (χ0) is 22.6. The van der Waals surface area contributed by atoms with Crippen LogP contribution in [0.1, 0.15) is 15.5 Å². The molecule has 0 atom stereocenters. The van der Waals surface area contributed by atoms with Crippen molar-refractivity contribution in [1.82, 2.24) is 29.6 Å². The molecule has 0 bridgehead atoms. The molecule has 0 spiro atoms. The fourth-order valence-corrected chi connectivity index (χ4v) is 5.35. The van der Waals surface area contributed by atoms with E-state index < -0.39 is 0 Å². The van der Waals surface area contributed by atoms with Gasteiger partial charge in [0.1, 0.15) is 10.7 Å². The zero-order valence-corrected chi connectivity index (χ0v) is 19.8. The van der Waals surface area contributed by atoms with Crippen LogP contribution in [0, 0.1) is 0 Å². The molecule has 4 aromatic rings. The van der Waals surface area contributed by atoms with E-state index in [-0.39, 0.29) is 5.91 Å². The first-order valence-corrected chi connectivity index (χ1v) is 12.5. The number of benzene rings is 1. The van der Waals surface area contributed by atoms with Crippen molar-refractivity contribution < 1.29 is 9.53 Å². The maximum atomic E-state index is 12.7. The van der Waals surface area contributed by atoms with Crippen molar-refractivity contribution in [2.24, 2.45) is 0 Å². The summed E-state index contributed by atoms with van der Waals surface area (Å²) in [6, 6.07) is 11.4. The van der Waals surface area contributed by atoms with Gasteiger partial charge in [0.25, 0.3) is 5.91 Å². The molecule has 11 heteroatoms. The Kier molecular flexibility index (Phi) is 6.68. The Morgan fingerprint density at radius 2 is 2.06 bits per heavy atom. The molecule has 0 N–H and O–H groups in total. The van der Waals surface area contributed by atoms with Crippen LogP contribution >= 0.6 is 34.7 Å². The summed E-state index contributed by atoms with van der Waals surface area (Å²) in [6.45, 7) is 2.33. The third-order valence-electron chi connectivity index (χ3n) is 5.01. The normalized spacial score (nSPS) is 13.9. The number of aromatic nitrogens is 5. The van der Waals surface area contributed by atoms with Gasteiger partial charge in [0, 0.05) is 41.4 Å². The van der Waals surface area contributed by atoms with Gasteiger partial charge in [-0.05, 0) is 30.3 Å². The number of halogens is 1. The Balaban J connectivity index is 1.39. The number of carbonyl (C=O) groups excluding carboxylic acids is 1. The summed E-state index contributed by atoms with van der Waals surface area (Å²) >= 11 is 9.23. The van der Waals surface area contributed by atoms with Gasteiger partial charge in [0.15, 0.2) is 11.0 Å². The lowest BCUT2D eigenvalue weighted by Gasteiger charge is -2.25. The summed E-state index contributed by atoms with van der Waals surface area (Å²) < 4.78 is 7.28. The SMILES string of the molecule is O=C(c1csc(CSc2nnc(-c3cccnc3)n2-c2cccc(Cl)c2)n1)N1CCOCC1. The highest BCUT2D eigenvalue weighted by molar-refractivity contribution is 7.98. The van der Waals surface area contributed by atoms with E-state index in [1.807, 2.05) is 46.3 Å². The summed E-state index contributed by atoms with van der Waals surface area (Å²) in [7, 11) is 0. The molecule has 1 aromatic carbocycles. The molecule has 33 heavy (non-hydrogen) atoms. The Morgan fingerprint density at radius 1 is 1.18 bits per heavy atom. The lowest BCUT2D eigenvalue weighted by molar-refractivity contribution is 0.0299. The predicted octanol–water partition coefficient (Wildman–Crippen LogP) is 4.20. The van der Waals surface area contributed by atoms with Gasteiger partial charge >= 0.3 is 0 Å². The van der Waals surface area contributed by atoms with Crippen molar-refractivity contribution in [1.29, 1.82) is 0 Å². The number of pyridine rings is 1. The van der Waals surface area contributed by atoms with E-state index in [1.54, 1.807) is 17.3 Å². The number of ether oxygens (including phenoxy) is 1. The van der Waals surface area contributed by atoms with E-state index in [1.165, 1.54) is 23.1 Å². The van der Waals surface area contributed by atoms with Crippen LogP contribution in [-0.4, -0.2) is 61.8 Å². The van der Waals surface area contributed by atoms with Crippen LogP contribution in [0.5, 0.6) is 0 Å². The van der Waals surface area contributed by atoms with Gasteiger partial charge in [0.05, 0.1) is 24.7 Å². The highest BCUT2D eigenvalue weighted by Gasteiger charge is 2.22. The van der Waals surface area contributed by atoms with E-state index in [9.17, 15) is 4.79 Å². The van der Waals surface area contributed by atoms with Crippen LogP contribution in [-0.2, 0) is 10.5 Å². The number of thiazole rings is 1. The van der Waals surface area contributed by atoms with Gasteiger partial charge < -0.3 is 9.64 Å². The highest BCUT2D eigenvalue weighted by atomic mass is 35.5. The molecule has 1 amide bonds. The molecule has 1 fully saturated rings. The third-order valence-corrected chi connectivity index (χ3v) is 7.22. The molecule has 0 aliphatic carbocycles. The summed E-state index contributed by atoms with van der Waals surface area (Å²) in [5.74, 6) is 1.19. The highest BCUT2D eigenvalue weighted by Crippen LogP contribution is 2.31. The average molecular weight is 499 g/mol. The molecule has 4 heterocycles. The van der Waals surface area contributed by atoms with Gasteiger partial charge in [-0.25, -0.2) is 4.98 Å². The molecule has 0 saturated carbocycles. The molecular formula is C22H19ClN6O2S2. The minimum Gasteiger partial charge on any atom is -0.378 e. The van der Waals surface area contributed by atoms with E-state index in [2.05, 4.69) is 20.2 Å². The Morgan fingerprint density at radius 3 is 2.85 bits per heavy atom. The Labute approximate surface area is 203 Å².